The highest BCUT2D eigenvalue weighted by molar-refractivity contribution is 6.20. The largest absolute Gasteiger partial charge is 0.122 e. The standard InChI is InChI=1S/C14H21Cl/c1-4-13(5-2)14(15)10-12-8-6-7-11(3)9-12/h6-9,13-14H,4-5,10H2,1-3H3. The molecule has 1 atom stereocenters. The number of alkyl halides is 1. The van der Waals surface area contributed by atoms with Crippen molar-refractivity contribution in [3.8, 4) is 0 Å². The fourth-order valence-corrected chi connectivity index (χ4v) is 2.57. The molecule has 0 bridgehead atoms. The van der Waals surface area contributed by atoms with Crippen LogP contribution in [-0.4, -0.2) is 5.38 Å². The highest BCUT2D eigenvalue weighted by Crippen LogP contribution is 2.22. The predicted octanol–water partition coefficient (Wildman–Crippen LogP) is 4.58. The van der Waals surface area contributed by atoms with E-state index in [0.717, 1.165) is 6.42 Å². The van der Waals surface area contributed by atoms with Crippen LogP contribution < -0.4 is 0 Å². The van der Waals surface area contributed by atoms with Gasteiger partial charge in [0.15, 0.2) is 0 Å². The van der Waals surface area contributed by atoms with Crippen molar-refractivity contribution in [2.75, 3.05) is 0 Å². The molecule has 1 rings (SSSR count). The Labute approximate surface area is 98.7 Å². The Balaban J connectivity index is 2.61. The van der Waals surface area contributed by atoms with Gasteiger partial charge in [0.25, 0.3) is 0 Å². The van der Waals surface area contributed by atoms with Gasteiger partial charge in [-0.25, -0.2) is 0 Å². The van der Waals surface area contributed by atoms with Crippen LogP contribution in [0.25, 0.3) is 0 Å². The molecule has 0 fully saturated rings. The maximum absolute atomic E-state index is 6.43. The molecular weight excluding hydrogens is 204 g/mol. The lowest BCUT2D eigenvalue weighted by Gasteiger charge is -2.19. The average Bonchev–Trinajstić information content (AvgIpc) is 2.19. The molecule has 0 saturated heterocycles. The van der Waals surface area contributed by atoms with Gasteiger partial charge < -0.3 is 0 Å². The zero-order valence-corrected chi connectivity index (χ0v) is 10.7. The van der Waals surface area contributed by atoms with Crippen molar-refractivity contribution >= 4 is 11.6 Å². The summed E-state index contributed by atoms with van der Waals surface area (Å²) in [6.45, 7) is 6.57. The van der Waals surface area contributed by atoms with Crippen molar-refractivity contribution in [3.63, 3.8) is 0 Å². The molecule has 0 N–H and O–H groups in total. The molecular formula is C14H21Cl. The highest BCUT2D eigenvalue weighted by atomic mass is 35.5. The number of hydrogen-bond donors (Lipinski definition) is 0. The van der Waals surface area contributed by atoms with Gasteiger partial charge in [0.2, 0.25) is 0 Å². The predicted molar refractivity (Wildman–Crippen MR) is 68.6 cm³/mol. The van der Waals surface area contributed by atoms with E-state index in [1.807, 2.05) is 0 Å². The maximum atomic E-state index is 6.43. The van der Waals surface area contributed by atoms with Crippen molar-refractivity contribution in [2.45, 2.75) is 45.4 Å². The van der Waals surface area contributed by atoms with E-state index in [9.17, 15) is 0 Å². The summed E-state index contributed by atoms with van der Waals surface area (Å²) in [5.41, 5.74) is 2.68. The summed E-state index contributed by atoms with van der Waals surface area (Å²) < 4.78 is 0. The average molecular weight is 225 g/mol. The SMILES string of the molecule is CCC(CC)C(Cl)Cc1cccc(C)c1. The molecule has 15 heavy (non-hydrogen) atoms. The van der Waals surface area contributed by atoms with E-state index >= 15 is 0 Å². The molecule has 1 unspecified atom stereocenters. The zero-order chi connectivity index (χ0) is 11.3. The zero-order valence-electron chi connectivity index (χ0n) is 9.96. The minimum atomic E-state index is 0.279. The summed E-state index contributed by atoms with van der Waals surface area (Å²) in [4.78, 5) is 0. The fraction of sp³-hybridized carbons (Fsp3) is 0.571. The molecule has 0 heterocycles. The van der Waals surface area contributed by atoms with Crippen molar-refractivity contribution in [1.29, 1.82) is 0 Å². The van der Waals surface area contributed by atoms with Gasteiger partial charge in [-0.15, -0.1) is 11.6 Å². The third kappa shape index (κ3) is 3.87. The van der Waals surface area contributed by atoms with Crippen LogP contribution in [0.1, 0.15) is 37.8 Å². The minimum Gasteiger partial charge on any atom is -0.122 e. The molecule has 0 aliphatic carbocycles. The first-order valence-electron chi connectivity index (χ1n) is 5.87. The first-order chi connectivity index (χ1) is 7.17. The molecule has 0 spiro atoms. The van der Waals surface area contributed by atoms with Crippen LogP contribution in [0.15, 0.2) is 24.3 Å². The third-order valence-corrected chi connectivity index (χ3v) is 3.58. The Kier molecular flexibility index (Phi) is 5.17. The van der Waals surface area contributed by atoms with Gasteiger partial charge in [-0.2, -0.15) is 0 Å². The summed E-state index contributed by atoms with van der Waals surface area (Å²) >= 11 is 6.43. The normalized spacial score (nSPS) is 13.1. The summed E-state index contributed by atoms with van der Waals surface area (Å²) in [6.07, 6.45) is 3.35. The van der Waals surface area contributed by atoms with Crippen LogP contribution in [0.5, 0.6) is 0 Å². The molecule has 0 aliphatic rings. The van der Waals surface area contributed by atoms with Crippen LogP contribution in [0.3, 0.4) is 0 Å². The first kappa shape index (κ1) is 12.6. The number of rotatable bonds is 5. The first-order valence-corrected chi connectivity index (χ1v) is 6.30. The van der Waals surface area contributed by atoms with Gasteiger partial charge in [-0.1, -0.05) is 56.5 Å². The second-order valence-electron chi connectivity index (χ2n) is 4.29. The summed E-state index contributed by atoms with van der Waals surface area (Å²) in [5, 5.41) is 0.279. The van der Waals surface area contributed by atoms with Crippen molar-refractivity contribution in [3.05, 3.63) is 35.4 Å². The van der Waals surface area contributed by atoms with E-state index in [0.29, 0.717) is 5.92 Å². The summed E-state index contributed by atoms with van der Waals surface area (Å²) in [5.74, 6) is 0.646. The van der Waals surface area contributed by atoms with Crippen LogP contribution in [0.2, 0.25) is 0 Å². The van der Waals surface area contributed by atoms with E-state index in [1.165, 1.54) is 24.0 Å². The summed E-state index contributed by atoms with van der Waals surface area (Å²) in [6, 6.07) is 8.65. The van der Waals surface area contributed by atoms with Crippen LogP contribution in [0, 0.1) is 12.8 Å². The number of benzene rings is 1. The monoisotopic (exact) mass is 224 g/mol. The van der Waals surface area contributed by atoms with Crippen LogP contribution >= 0.6 is 11.6 Å². The lowest BCUT2D eigenvalue weighted by atomic mass is 9.94. The van der Waals surface area contributed by atoms with Crippen molar-refractivity contribution < 1.29 is 0 Å². The lowest BCUT2D eigenvalue weighted by Crippen LogP contribution is -2.16. The topological polar surface area (TPSA) is 0 Å². The smallest absolute Gasteiger partial charge is 0.0404 e. The van der Waals surface area contributed by atoms with E-state index in [1.54, 1.807) is 0 Å². The van der Waals surface area contributed by atoms with E-state index < -0.39 is 0 Å². The second kappa shape index (κ2) is 6.17. The molecule has 0 aliphatic heterocycles. The molecule has 0 saturated carbocycles. The lowest BCUT2D eigenvalue weighted by molar-refractivity contribution is 0.464. The van der Waals surface area contributed by atoms with E-state index in [4.69, 9.17) is 11.6 Å². The fourth-order valence-electron chi connectivity index (χ4n) is 2.03. The maximum Gasteiger partial charge on any atom is 0.0404 e. The molecule has 0 aromatic heterocycles. The van der Waals surface area contributed by atoms with Gasteiger partial charge in [-0.3, -0.25) is 0 Å². The van der Waals surface area contributed by atoms with Crippen LogP contribution in [0.4, 0.5) is 0 Å². The Morgan fingerprint density at radius 2 is 1.87 bits per heavy atom. The van der Waals surface area contributed by atoms with Crippen molar-refractivity contribution in [2.24, 2.45) is 5.92 Å². The number of aryl methyl sites for hydroxylation is 1. The number of hydrogen-bond acceptors (Lipinski definition) is 0. The number of halogens is 1. The third-order valence-electron chi connectivity index (χ3n) is 3.07. The Morgan fingerprint density at radius 1 is 1.20 bits per heavy atom. The molecule has 0 radical (unpaired) electrons. The second-order valence-corrected chi connectivity index (χ2v) is 4.85. The Hall–Kier alpha value is -0.490. The van der Waals surface area contributed by atoms with Gasteiger partial charge in [0, 0.05) is 5.38 Å². The molecule has 1 aromatic rings. The minimum absolute atomic E-state index is 0.279. The van der Waals surface area contributed by atoms with Crippen LogP contribution in [-0.2, 0) is 6.42 Å². The van der Waals surface area contributed by atoms with E-state index in [-0.39, 0.29) is 5.38 Å². The summed E-state index contributed by atoms with van der Waals surface area (Å²) in [7, 11) is 0. The van der Waals surface area contributed by atoms with Gasteiger partial charge in [0.1, 0.15) is 0 Å². The van der Waals surface area contributed by atoms with Crippen molar-refractivity contribution in [1.82, 2.24) is 0 Å². The Bertz CT molecular complexity index is 289. The molecule has 1 aromatic carbocycles. The Morgan fingerprint density at radius 3 is 2.40 bits per heavy atom. The van der Waals surface area contributed by atoms with E-state index in [2.05, 4.69) is 45.0 Å². The molecule has 0 nitrogen and oxygen atoms in total. The van der Waals surface area contributed by atoms with Gasteiger partial charge in [0.05, 0.1) is 0 Å². The quantitative estimate of drug-likeness (QED) is 0.643. The van der Waals surface area contributed by atoms with Gasteiger partial charge >= 0.3 is 0 Å². The molecule has 84 valence electrons. The molecule has 0 amide bonds. The highest BCUT2D eigenvalue weighted by Gasteiger charge is 2.15. The van der Waals surface area contributed by atoms with Gasteiger partial charge in [-0.05, 0) is 24.8 Å². The molecule has 1 heteroatoms.